The van der Waals surface area contributed by atoms with Crippen molar-refractivity contribution in [3.8, 4) is 0 Å². The Hall–Kier alpha value is -1.94. The zero-order valence-corrected chi connectivity index (χ0v) is 11.6. The van der Waals surface area contributed by atoms with E-state index in [1.807, 2.05) is 31.2 Å². The molecule has 0 spiro atoms. The van der Waals surface area contributed by atoms with Crippen molar-refractivity contribution in [2.24, 2.45) is 0 Å². The summed E-state index contributed by atoms with van der Waals surface area (Å²) in [6.45, 7) is 2.56. The van der Waals surface area contributed by atoms with Gasteiger partial charge in [0.15, 0.2) is 10.8 Å². The highest BCUT2D eigenvalue weighted by Crippen LogP contribution is 2.11. The average Bonchev–Trinajstić information content (AvgIpc) is 2.41. The van der Waals surface area contributed by atoms with Gasteiger partial charge in [-0.25, -0.2) is 0 Å². The van der Waals surface area contributed by atoms with Gasteiger partial charge in [-0.1, -0.05) is 35.9 Å². The molecule has 0 saturated carbocycles. The molecule has 4 nitrogen and oxygen atoms in total. The summed E-state index contributed by atoms with van der Waals surface area (Å²) < 4.78 is 0. The molecule has 2 aromatic rings. The Labute approximate surface area is 117 Å². The molecule has 5 heteroatoms. The summed E-state index contributed by atoms with van der Waals surface area (Å²) in [5, 5.41) is 7.74. The third kappa shape index (κ3) is 3.29. The molecule has 0 bridgehead atoms. The Kier molecular flexibility index (Phi) is 4.12. The van der Waals surface area contributed by atoms with E-state index in [0.717, 1.165) is 11.1 Å². The summed E-state index contributed by atoms with van der Waals surface area (Å²) in [7, 11) is 1.74. The van der Waals surface area contributed by atoms with E-state index in [0.29, 0.717) is 12.2 Å². The fourth-order valence-corrected chi connectivity index (χ4v) is 1.84. The molecule has 98 valence electrons. The second-order valence-electron chi connectivity index (χ2n) is 4.33. The number of carbonyl (C=O) groups excluding carboxylic acids is 1. The lowest BCUT2D eigenvalue weighted by Crippen LogP contribution is -2.27. The quantitative estimate of drug-likeness (QED) is 0.865. The molecule has 1 aromatic heterocycles. The van der Waals surface area contributed by atoms with Gasteiger partial charge in [0.1, 0.15) is 0 Å². The minimum atomic E-state index is -0.174. The largest absolute Gasteiger partial charge is 0.336 e. The molecule has 0 aliphatic rings. The number of nitrogens with zero attached hydrogens (tertiary/aromatic N) is 3. The SMILES string of the molecule is Cc1ccccc1CN(C)C(=O)c1ccc(Cl)nn1. The molecule has 0 unspecified atom stereocenters. The number of carbonyl (C=O) groups is 1. The molecule has 0 aliphatic heterocycles. The zero-order chi connectivity index (χ0) is 13.8. The predicted molar refractivity (Wildman–Crippen MR) is 74.0 cm³/mol. The molecule has 0 saturated heterocycles. The number of rotatable bonds is 3. The van der Waals surface area contributed by atoms with Crippen LogP contribution in [0.2, 0.25) is 5.15 Å². The second-order valence-corrected chi connectivity index (χ2v) is 4.72. The summed E-state index contributed by atoms with van der Waals surface area (Å²) in [5.41, 5.74) is 2.56. The van der Waals surface area contributed by atoms with E-state index in [1.54, 1.807) is 24.1 Å². The number of hydrogen-bond acceptors (Lipinski definition) is 3. The summed E-state index contributed by atoms with van der Waals surface area (Å²) in [6.07, 6.45) is 0. The van der Waals surface area contributed by atoms with Crippen molar-refractivity contribution in [1.29, 1.82) is 0 Å². The number of hydrogen-bond donors (Lipinski definition) is 0. The third-order valence-corrected chi connectivity index (χ3v) is 3.07. The number of benzene rings is 1. The normalized spacial score (nSPS) is 10.3. The molecule has 0 N–H and O–H groups in total. The van der Waals surface area contributed by atoms with Gasteiger partial charge in [0.25, 0.3) is 5.91 Å². The van der Waals surface area contributed by atoms with Crippen LogP contribution in [0.1, 0.15) is 21.6 Å². The lowest BCUT2D eigenvalue weighted by Gasteiger charge is -2.17. The van der Waals surface area contributed by atoms with Crippen molar-refractivity contribution in [1.82, 2.24) is 15.1 Å². The Bertz CT molecular complexity index is 583. The second kappa shape index (κ2) is 5.80. The van der Waals surface area contributed by atoms with E-state index in [-0.39, 0.29) is 11.1 Å². The molecular weight excluding hydrogens is 262 g/mol. The first-order chi connectivity index (χ1) is 9.08. The molecule has 2 rings (SSSR count). The van der Waals surface area contributed by atoms with Crippen LogP contribution >= 0.6 is 11.6 Å². The van der Waals surface area contributed by atoms with Crippen molar-refractivity contribution in [3.05, 3.63) is 58.4 Å². The topological polar surface area (TPSA) is 46.1 Å². The van der Waals surface area contributed by atoms with E-state index in [2.05, 4.69) is 10.2 Å². The first-order valence-electron chi connectivity index (χ1n) is 5.87. The van der Waals surface area contributed by atoms with Crippen LogP contribution in [0.5, 0.6) is 0 Å². The summed E-state index contributed by atoms with van der Waals surface area (Å²) in [4.78, 5) is 13.8. The van der Waals surface area contributed by atoms with Crippen LogP contribution in [0.25, 0.3) is 0 Å². The van der Waals surface area contributed by atoms with Gasteiger partial charge in [-0.05, 0) is 30.2 Å². The molecule has 1 heterocycles. The molecule has 0 radical (unpaired) electrons. The van der Waals surface area contributed by atoms with Crippen LogP contribution in [-0.2, 0) is 6.54 Å². The third-order valence-electron chi connectivity index (χ3n) is 2.87. The molecule has 0 atom stereocenters. The molecule has 19 heavy (non-hydrogen) atoms. The maximum atomic E-state index is 12.2. The standard InChI is InChI=1S/C14H14ClN3O/c1-10-5-3-4-6-11(10)9-18(2)14(19)12-7-8-13(15)17-16-12/h3-8H,9H2,1-2H3. The average molecular weight is 276 g/mol. The van der Waals surface area contributed by atoms with E-state index in [1.165, 1.54) is 0 Å². The Morgan fingerprint density at radius 1 is 1.21 bits per heavy atom. The van der Waals surface area contributed by atoms with E-state index in [9.17, 15) is 4.79 Å². The fourth-order valence-electron chi connectivity index (χ4n) is 1.74. The highest BCUT2D eigenvalue weighted by molar-refractivity contribution is 6.29. The monoisotopic (exact) mass is 275 g/mol. The van der Waals surface area contributed by atoms with Crippen molar-refractivity contribution in [2.75, 3.05) is 7.05 Å². The minimum absolute atomic E-state index is 0.174. The Morgan fingerprint density at radius 3 is 2.58 bits per heavy atom. The summed E-state index contributed by atoms with van der Waals surface area (Å²) >= 11 is 5.65. The Morgan fingerprint density at radius 2 is 1.95 bits per heavy atom. The maximum Gasteiger partial charge on any atom is 0.274 e. The van der Waals surface area contributed by atoms with Crippen molar-refractivity contribution < 1.29 is 4.79 Å². The maximum absolute atomic E-state index is 12.2. The lowest BCUT2D eigenvalue weighted by atomic mass is 10.1. The first-order valence-corrected chi connectivity index (χ1v) is 6.25. The fraction of sp³-hybridized carbons (Fsp3) is 0.214. The van der Waals surface area contributed by atoms with Gasteiger partial charge in [-0.15, -0.1) is 10.2 Å². The molecular formula is C14H14ClN3O. The Balaban J connectivity index is 2.12. The van der Waals surface area contributed by atoms with E-state index in [4.69, 9.17) is 11.6 Å². The van der Waals surface area contributed by atoms with Crippen LogP contribution in [0.15, 0.2) is 36.4 Å². The minimum Gasteiger partial charge on any atom is -0.336 e. The lowest BCUT2D eigenvalue weighted by molar-refractivity contribution is 0.0778. The number of halogens is 1. The number of aryl methyl sites for hydroxylation is 1. The molecule has 1 aromatic carbocycles. The van der Waals surface area contributed by atoms with Gasteiger partial charge in [0, 0.05) is 13.6 Å². The highest BCUT2D eigenvalue weighted by atomic mass is 35.5. The van der Waals surface area contributed by atoms with Crippen LogP contribution in [0.3, 0.4) is 0 Å². The molecule has 0 fully saturated rings. The molecule has 1 amide bonds. The predicted octanol–water partition coefficient (Wildman–Crippen LogP) is 2.71. The van der Waals surface area contributed by atoms with Crippen LogP contribution < -0.4 is 0 Å². The van der Waals surface area contributed by atoms with Gasteiger partial charge in [-0.2, -0.15) is 0 Å². The van der Waals surface area contributed by atoms with E-state index < -0.39 is 0 Å². The summed E-state index contributed by atoms with van der Waals surface area (Å²) in [5.74, 6) is -0.174. The number of amides is 1. The van der Waals surface area contributed by atoms with E-state index >= 15 is 0 Å². The van der Waals surface area contributed by atoms with Crippen LogP contribution in [-0.4, -0.2) is 28.1 Å². The van der Waals surface area contributed by atoms with Gasteiger partial charge < -0.3 is 4.90 Å². The van der Waals surface area contributed by atoms with Crippen molar-refractivity contribution in [3.63, 3.8) is 0 Å². The van der Waals surface area contributed by atoms with Crippen molar-refractivity contribution in [2.45, 2.75) is 13.5 Å². The number of aromatic nitrogens is 2. The molecule has 0 aliphatic carbocycles. The van der Waals surface area contributed by atoms with Crippen molar-refractivity contribution >= 4 is 17.5 Å². The van der Waals surface area contributed by atoms with Gasteiger partial charge in [0.05, 0.1) is 0 Å². The zero-order valence-electron chi connectivity index (χ0n) is 10.8. The highest BCUT2D eigenvalue weighted by Gasteiger charge is 2.14. The van der Waals surface area contributed by atoms with Crippen LogP contribution in [0, 0.1) is 6.92 Å². The summed E-state index contributed by atoms with van der Waals surface area (Å²) in [6, 6.07) is 11.1. The smallest absolute Gasteiger partial charge is 0.274 e. The van der Waals surface area contributed by atoms with Crippen LogP contribution in [0.4, 0.5) is 0 Å². The van der Waals surface area contributed by atoms with Gasteiger partial charge in [-0.3, -0.25) is 4.79 Å². The first kappa shape index (κ1) is 13.5. The van der Waals surface area contributed by atoms with Gasteiger partial charge >= 0.3 is 0 Å². The van der Waals surface area contributed by atoms with Gasteiger partial charge in [0.2, 0.25) is 0 Å².